The second kappa shape index (κ2) is 7.44. The molecule has 0 amide bonds. The van der Waals surface area contributed by atoms with E-state index in [4.69, 9.17) is 17.3 Å². The Labute approximate surface area is 125 Å². The quantitative estimate of drug-likeness (QED) is 0.926. The first kappa shape index (κ1) is 16.7. The number of hydrogen-bond acceptors (Lipinski definition) is 2. The molecule has 0 bridgehead atoms. The summed E-state index contributed by atoms with van der Waals surface area (Å²) in [5.74, 6) is 0.361. The largest absolute Gasteiger partial charge is 0.329 e. The number of benzene rings is 1. The molecule has 2 N–H and O–H groups in total. The molecule has 1 aliphatic heterocycles. The molecule has 19 heavy (non-hydrogen) atoms. The summed E-state index contributed by atoms with van der Waals surface area (Å²) >= 11 is 6.12. The van der Waals surface area contributed by atoms with Crippen molar-refractivity contribution in [2.75, 3.05) is 13.1 Å². The van der Waals surface area contributed by atoms with Crippen LogP contribution in [0.4, 0.5) is 4.39 Å². The number of piperidine rings is 1. The van der Waals surface area contributed by atoms with Gasteiger partial charge < -0.3 is 5.73 Å². The van der Waals surface area contributed by atoms with E-state index in [1.807, 2.05) is 0 Å². The Hall–Kier alpha value is -0.350. The Balaban J connectivity index is 0.00000180. The average Bonchev–Trinajstić information content (AvgIpc) is 2.34. The van der Waals surface area contributed by atoms with Gasteiger partial charge in [0.15, 0.2) is 0 Å². The second-order valence-electron chi connectivity index (χ2n) is 5.13. The van der Waals surface area contributed by atoms with Gasteiger partial charge >= 0.3 is 0 Å². The molecule has 1 aliphatic rings. The van der Waals surface area contributed by atoms with Crippen LogP contribution in [0.25, 0.3) is 0 Å². The Bertz CT molecular complexity index is 414. The molecule has 2 unspecified atom stereocenters. The zero-order valence-corrected chi connectivity index (χ0v) is 12.7. The maximum atomic E-state index is 13.3. The van der Waals surface area contributed by atoms with E-state index in [0.29, 0.717) is 30.1 Å². The van der Waals surface area contributed by atoms with E-state index in [2.05, 4.69) is 11.8 Å². The lowest BCUT2D eigenvalue weighted by atomic mass is 9.90. The van der Waals surface area contributed by atoms with E-state index < -0.39 is 0 Å². The Morgan fingerprint density at radius 2 is 2.21 bits per heavy atom. The van der Waals surface area contributed by atoms with Crippen LogP contribution in [0, 0.1) is 11.7 Å². The van der Waals surface area contributed by atoms with Crippen molar-refractivity contribution in [1.82, 2.24) is 4.90 Å². The first-order valence-electron chi connectivity index (χ1n) is 6.50. The average molecular weight is 307 g/mol. The van der Waals surface area contributed by atoms with Crippen LogP contribution < -0.4 is 5.73 Å². The lowest BCUT2D eigenvalue weighted by molar-refractivity contribution is 0.0990. The number of nitrogens with zero attached hydrogens (tertiary/aromatic N) is 1. The fourth-order valence-electron chi connectivity index (χ4n) is 2.80. The van der Waals surface area contributed by atoms with Crippen LogP contribution in [0.5, 0.6) is 0 Å². The minimum absolute atomic E-state index is 0. The van der Waals surface area contributed by atoms with Crippen molar-refractivity contribution in [1.29, 1.82) is 0 Å². The van der Waals surface area contributed by atoms with Gasteiger partial charge in [0.2, 0.25) is 0 Å². The normalized spacial score (nSPS) is 24.0. The molecule has 0 saturated carbocycles. The summed E-state index contributed by atoms with van der Waals surface area (Å²) in [5, 5.41) is 0.630. The third kappa shape index (κ3) is 4.06. The van der Waals surface area contributed by atoms with E-state index in [1.165, 1.54) is 25.0 Å². The molecule has 5 heteroatoms. The number of rotatable bonds is 3. The molecule has 2 nitrogen and oxygen atoms in total. The molecule has 1 aromatic carbocycles. The summed E-state index contributed by atoms with van der Waals surface area (Å²) in [6.45, 7) is 4.58. The van der Waals surface area contributed by atoms with Crippen molar-refractivity contribution < 1.29 is 4.39 Å². The van der Waals surface area contributed by atoms with E-state index >= 15 is 0 Å². The predicted molar refractivity (Wildman–Crippen MR) is 80.3 cm³/mol. The first-order chi connectivity index (χ1) is 8.61. The van der Waals surface area contributed by atoms with E-state index in [9.17, 15) is 4.39 Å². The van der Waals surface area contributed by atoms with Gasteiger partial charge in [-0.1, -0.05) is 18.5 Å². The standard InChI is InChI=1S/C14H20ClFN2.ClH/c1-10-3-2-6-18(14(10)8-17)9-11-7-12(16)4-5-13(11)15;/h4-5,7,10,14H,2-3,6,8-9,17H2,1H3;1H. The Kier molecular flexibility index (Phi) is 6.54. The van der Waals surface area contributed by atoms with Crippen LogP contribution in [-0.2, 0) is 6.54 Å². The van der Waals surface area contributed by atoms with Crippen LogP contribution in [-0.4, -0.2) is 24.0 Å². The summed E-state index contributed by atoms with van der Waals surface area (Å²) in [4.78, 5) is 2.33. The first-order valence-corrected chi connectivity index (χ1v) is 6.87. The van der Waals surface area contributed by atoms with Crippen molar-refractivity contribution in [3.8, 4) is 0 Å². The molecule has 0 radical (unpaired) electrons. The van der Waals surface area contributed by atoms with E-state index in [1.54, 1.807) is 6.07 Å². The van der Waals surface area contributed by atoms with Crippen LogP contribution in [0.15, 0.2) is 18.2 Å². The minimum Gasteiger partial charge on any atom is -0.329 e. The van der Waals surface area contributed by atoms with Crippen molar-refractivity contribution in [3.05, 3.63) is 34.6 Å². The molecule has 108 valence electrons. The summed E-state index contributed by atoms with van der Waals surface area (Å²) in [6, 6.07) is 4.91. The topological polar surface area (TPSA) is 29.3 Å². The van der Waals surface area contributed by atoms with Crippen LogP contribution in [0.1, 0.15) is 25.3 Å². The fourth-order valence-corrected chi connectivity index (χ4v) is 2.97. The molecule has 0 spiro atoms. The van der Waals surface area contributed by atoms with Crippen molar-refractivity contribution in [2.24, 2.45) is 11.7 Å². The number of likely N-dealkylation sites (tertiary alicyclic amines) is 1. The SMILES string of the molecule is CC1CCCN(Cc2cc(F)ccc2Cl)C1CN.Cl. The van der Waals surface area contributed by atoms with Crippen LogP contribution in [0.3, 0.4) is 0 Å². The molecular formula is C14H21Cl2FN2. The highest BCUT2D eigenvalue weighted by Gasteiger charge is 2.27. The number of nitrogens with two attached hydrogens (primary N) is 1. The lowest BCUT2D eigenvalue weighted by Crippen LogP contribution is -2.48. The fraction of sp³-hybridized carbons (Fsp3) is 0.571. The van der Waals surface area contributed by atoms with Gasteiger partial charge in [0.25, 0.3) is 0 Å². The Morgan fingerprint density at radius 3 is 2.89 bits per heavy atom. The van der Waals surface area contributed by atoms with E-state index in [-0.39, 0.29) is 18.2 Å². The summed E-state index contributed by atoms with van der Waals surface area (Å²) in [6.07, 6.45) is 2.39. The van der Waals surface area contributed by atoms with Gasteiger partial charge in [-0.3, -0.25) is 4.90 Å². The molecule has 0 aliphatic carbocycles. The predicted octanol–water partition coefficient (Wildman–Crippen LogP) is 3.46. The lowest BCUT2D eigenvalue weighted by Gasteiger charge is -2.39. The number of halogens is 3. The zero-order valence-electron chi connectivity index (χ0n) is 11.1. The van der Waals surface area contributed by atoms with Crippen molar-refractivity contribution in [3.63, 3.8) is 0 Å². The molecule has 2 atom stereocenters. The Morgan fingerprint density at radius 1 is 1.47 bits per heavy atom. The van der Waals surface area contributed by atoms with Crippen LogP contribution in [0.2, 0.25) is 5.02 Å². The second-order valence-corrected chi connectivity index (χ2v) is 5.54. The highest BCUT2D eigenvalue weighted by Crippen LogP contribution is 2.26. The third-order valence-electron chi connectivity index (χ3n) is 3.85. The minimum atomic E-state index is -0.233. The van der Waals surface area contributed by atoms with Crippen LogP contribution >= 0.6 is 24.0 Å². The third-order valence-corrected chi connectivity index (χ3v) is 4.22. The summed E-state index contributed by atoms with van der Waals surface area (Å²) in [7, 11) is 0. The molecule has 1 heterocycles. The zero-order chi connectivity index (χ0) is 13.1. The van der Waals surface area contributed by atoms with Gasteiger partial charge in [-0.25, -0.2) is 4.39 Å². The molecule has 2 rings (SSSR count). The molecular weight excluding hydrogens is 286 g/mol. The highest BCUT2D eigenvalue weighted by molar-refractivity contribution is 6.31. The van der Waals surface area contributed by atoms with Gasteiger partial charge in [-0.15, -0.1) is 12.4 Å². The summed E-state index contributed by atoms with van der Waals surface area (Å²) in [5.41, 5.74) is 6.71. The monoisotopic (exact) mass is 306 g/mol. The molecule has 1 aromatic rings. The maximum absolute atomic E-state index is 13.3. The van der Waals surface area contributed by atoms with Gasteiger partial charge in [0, 0.05) is 24.2 Å². The molecule has 1 saturated heterocycles. The van der Waals surface area contributed by atoms with Gasteiger partial charge in [-0.2, -0.15) is 0 Å². The smallest absolute Gasteiger partial charge is 0.123 e. The van der Waals surface area contributed by atoms with Gasteiger partial charge in [0.1, 0.15) is 5.82 Å². The maximum Gasteiger partial charge on any atom is 0.123 e. The molecule has 0 aromatic heterocycles. The summed E-state index contributed by atoms with van der Waals surface area (Å²) < 4.78 is 13.3. The van der Waals surface area contributed by atoms with Gasteiger partial charge in [-0.05, 0) is 49.1 Å². The van der Waals surface area contributed by atoms with Crippen molar-refractivity contribution >= 4 is 24.0 Å². The highest BCUT2D eigenvalue weighted by atomic mass is 35.5. The number of hydrogen-bond donors (Lipinski definition) is 1. The van der Waals surface area contributed by atoms with Crippen molar-refractivity contribution in [2.45, 2.75) is 32.4 Å². The van der Waals surface area contributed by atoms with E-state index in [0.717, 1.165) is 12.1 Å². The van der Waals surface area contributed by atoms with Gasteiger partial charge in [0.05, 0.1) is 0 Å². The molecule has 1 fully saturated rings.